The molecule has 87 valence electrons. The van der Waals surface area contributed by atoms with E-state index >= 15 is 0 Å². The predicted octanol–water partition coefficient (Wildman–Crippen LogP) is 6.21. The summed E-state index contributed by atoms with van der Waals surface area (Å²) in [5.74, 6) is 0. The van der Waals surface area contributed by atoms with Gasteiger partial charge in [0.25, 0.3) is 0 Å². The van der Waals surface area contributed by atoms with Crippen molar-refractivity contribution in [2.75, 3.05) is 0 Å². The van der Waals surface area contributed by atoms with E-state index in [9.17, 15) is 0 Å². The van der Waals surface area contributed by atoms with Crippen LogP contribution in [0.2, 0.25) is 0 Å². The summed E-state index contributed by atoms with van der Waals surface area (Å²) in [6, 6.07) is 0. The van der Waals surface area contributed by atoms with Gasteiger partial charge in [-0.3, -0.25) is 0 Å². The normalized spacial score (nSPS) is 9.21. The van der Waals surface area contributed by atoms with Gasteiger partial charge in [-0.1, -0.05) is 65.2 Å². The molecular weight excluding hydrogens is 274 g/mol. The molecule has 0 unspecified atom stereocenters. The third-order valence-electron chi connectivity index (χ3n) is 1.96. The number of rotatable bonds is 7. The van der Waals surface area contributed by atoms with Crippen LogP contribution >= 0.6 is 27.9 Å². The van der Waals surface area contributed by atoms with Gasteiger partial charge in [0.2, 0.25) is 0 Å². The molecular formula is C10H22Cl3Ti. The van der Waals surface area contributed by atoms with E-state index in [4.69, 9.17) is 27.9 Å². The van der Waals surface area contributed by atoms with Crippen LogP contribution in [0.1, 0.15) is 65.2 Å². The standard InChI is InChI=1S/C10H22.3ClH.Ti/c1-3-5-7-9-10-8-6-4-2;;;;/h3-10H2,1-2H3;3*1H;/q;;;;+3/p-3. The van der Waals surface area contributed by atoms with Gasteiger partial charge in [0, 0.05) is 0 Å². The molecule has 0 nitrogen and oxygen atoms in total. The molecule has 0 aliphatic carbocycles. The van der Waals surface area contributed by atoms with Gasteiger partial charge in [0.15, 0.2) is 0 Å². The van der Waals surface area contributed by atoms with Gasteiger partial charge in [0.05, 0.1) is 0 Å². The average Bonchev–Trinajstić information content (AvgIpc) is 2.10. The van der Waals surface area contributed by atoms with E-state index in [1.165, 1.54) is 51.4 Å². The van der Waals surface area contributed by atoms with E-state index in [0.29, 0.717) is 0 Å². The van der Waals surface area contributed by atoms with Crippen molar-refractivity contribution in [3.63, 3.8) is 0 Å². The van der Waals surface area contributed by atoms with E-state index in [-0.39, 0.29) is 0 Å². The van der Waals surface area contributed by atoms with Crippen molar-refractivity contribution in [1.82, 2.24) is 0 Å². The van der Waals surface area contributed by atoms with Crippen LogP contribution in [0.3, 0.4) is 0 Å². The second kappa shape index (κ2) is 17.0. The van der Waals surface area contributed by atoms with Gasteiger partial charge in [-0.25, -0.2) is 0 Å². The number of halogens is 3. The summed E-state index contributed by atoms with van der Waals surface area (Å²) in [6.07, 6.45) is 11.5. The van der Waals surface area contributed by atoms with Crippen molar-refractivity contribution in [1.29, 1.82) is 0 Å². The Labute approximate surface area is 107 Å². The van der Waals surface area contributed by atoms with Crippen LogP contribution in [-0.4, -0.2) is 0 Å². The molecule has 0 spiro atoms. The summed E-state index contributed by atoms with van der Waals surface area (Å²) < 4.78 is 0. The molecule has 0 aliphatic heterocycles. The summed E-state index contributed by atoms with van der Waals surface area (Å²) in [4.78, 5) is 0. The predicted molar refractivity (Wildman–Crippen MR) is 65.8 cm³/mol. The Kier molecular flexibility index (Phi) is 21.8. The molecule has 0 saturated carbocycles. The van der Waals surface area contributed by atoms with E-state index in [1.54, 1.807) is 0 Å². The summed E-state index contributed by atoms with van der Waals surface area (Å²) in [5.41, 5.74) is 0. The van der Waals surface area contributed by atoms with Gasteiger partial charge >= 0.3 is 42.6 Å². The molecule has 0 saturated heterocycles. The first-order valence-corrected chi connectivity index (χ1v) is 11.9. The van der Waals surface area contributed by atoms with Crippen LogP contribution in [-0.2, 0) is 14.7 Å². The molecule has 0 heterocycles. The molecule has 0 aromatic carbocycles. The molecule has 0 N–H and O–H groups in total. The molecule has 0 bridgehead atoms. The van der Waals surface area contributed by atoms with Crippen LogP contribution in [0.5, 0.6) is 0 Å². The van der Waals surface area contributed by atoms with Crippen molar-refractivity contribution < 1.29 is 14.7 Å². The first-order chi connectivity index (χ1) is 6.65. The zero-order chi connectivity index (χ0) is 11.2. The fraction of sp³-hybridized carbons (Fsp3) is 1.00. The Bertz CT molecular complexity index is 78.7. The SMILES string of the molecule is CCCCCCCCCC.[Cl][Ti]([Cl])[Cl]. The molecule has 0 rings (SSSR count). The van der Waals surface area contributed by atoms with Gasteiger partial charge in [-0.2, -0.15) is 0 Å². The number of hydrogen-bond acceptors (Lipinski definition) is 0. The zero-order valence-corrected chi connectivity index (χ0v) is 13.1. The van der Waals surface area contributed by atoms with E-state index in [1.807, 2.05) is 0 Å². The van der Waals surface area contributed by atoms with Gasteiger partial charge in [0.1, 0.15) is 0 Å². The summed E-state index contributed by atoms with van der Waals surface area (Å²) in [7, 11) is 14.9. The molecule has 0 radical (unpaired) electrons. The second-order valence-corrected chi connectivity index (χ2v) is 11.1. The quantitative estimate of drug-likeness (QED) is 0.387. The van der Waals surface area contributed by atoms with Gasteiger partial charge in [-0.15, -0.1) is 0 Å². The van der Waals surface area contributed by atoms with Gasteiger partial charge < -0.3 is 0 Å². The topological polar surface area (TPSA) is 0 Å². The van der Waals surface area contributed by atoms with Crippen LogP contribution < -0.4 is 0 Å². The van der Waals surface area contributed by atoms with Crippen molar-refractivity contribution in [3.05, 3.63) is 0 Å². The third-order valence-corrected chi connectivity index (χ3v) is 1.96. The average molecular weight is 297 g/mol. The van der Waals surface area contributed by atoms with Crippen molar-refractivity contribution in [3.8, 4) is 0 Å². The second-order valence-electron chi connectivity index (χ2n) is 3.34. The van der Waals surface area contributed by atoms with Crippen molar-refractivity contribution >= 4 is 27.9 Å². The number of unbranched alkanes of at least 4 members (excludes halogenated alkanes) is 7. The molecule has 4 heteroatoms. The Hall–Kier alpha value is 1.58. The minimum absolute atomic E-state index is 1.37. The fourth-order valence-electron chi connectivity index (χ4n) is 1.21. The molecule has 0 aliphatic rings. The summed E-state index contributed by atoms with van der Waals surface area (Å²) in [5, 5.41) is 0. The van der Waals surface area contributed by atoms with Crippen molar-refractivity contribution in [2.45, 2.75) is 65.2 Å². The first-order valence-electron chi connectivity index (χ1n) is 5.48. The fourth-order valence-corrected chi connectivity index (χ4v) is 1.21. The molecule has 14 heavy (non-hydrogen) atoms. The van der Waals surface area contributed by atoms with Crippen LogP contribution in [0, 0.1) is 0 Å². The van der Waals surface area contributed by atoms with Crippen molar-refractivity contribution in [2.24, 2.45) is 0 Å². The van der Waals surface area contributed by atoms with E-state index in [0.717, 1.165) is 0 Å². The molecule has 0 aromatic heterocycles. The summed E-state index contributed by atoms with van der Waals surface area (Å²) >= 11 is -1.92. The van der Waals surface area contributed by atoms with E-state index in [2.05, 4.69) is 13.8 Å². The first kappa shape index (κ1) is 18.0. The maximum absolute atomic E-state index is 4.97. The molecule has 0 atom stereocenters. The molecule has 0 amide bonds. The van der Waals surface area contributed by atoms with Crippen LogP contribution in [0.15, 0.2) is 0 Å². The Morgan fingerprint density at radius 1 is 0.643 bits per heavy atom. The number of hydrogen-bond donors (Lipinski definition) is 0. The Morgan fingerprint density at radius 3 is 1.07 bits per heavy atom. The third kappa shape index (κ3) is 29.2. The minimum atomic E-state index is -1.92. The van der Waals surface area contributed by atoms with E-state index < -0.39 is 14.7 Å². The van der Waals surface area contributed by atoms with Gasteiger partial charge in [-0.05, 0) is 0 Å². The molecule has 0 fully saturated rings. The zero-order valence-electron chi connectivity index (χ0n) is 9.29. The maximum atomic E-state index is 4.97. The van der Waals surface area contributed by atoms with Crippen LogP contribution in [0.25, 0.3) is 0 Å². The Morgan fingerprint density at radius 2 is 0.857 bits per heavy atom. The Balaban J connectivity index is 0. The molecule has 0 aromatic rings. The monoisotopic (exact) mass is 295 g/mol. The summed E-state index contributed by atoms with van der Waals surface area (Å²) in [6.45, 7) is 4.54. The van der Waals surface area contributed by atoms with Crippen LogP contribution in [0.4, 0.5) is 0 Å².